The second-order valence-electron chi connectivity index (χ2n) is 4.98. The highest BCUT2D eigenvalue weighted by molar-refractivity contribution is 5.95. The Bertz CT molecular complexity index is 502. The van der Waals surface area contributed by atoms with E-state index in [1.54, 1.807) is 19.1 Å². The van der Waals surface area contributed by atoms with E-state index < -0.39 is 23.9 Å². The van der Waals surface area contributed by atoms with Crippen molar-refractivity contribution in [3.8, 4) is 0 Å². The first kappa shape index (κ1) is 16.8. The van der Waals surface area contributed by atoms with Crippen LogP contribution in [0.4, 0.5) is 0 Å². The van der Waals surface area contributed by atoms with E-state index in [1.807, 2.05) is 6.92 Å². The highest BCUT2D eigenvalue weighted by Gasteiger charge is 2.32. The molecule has 2 unspecified atom stereocenters. The van der Waals surface area contributed by atoms with E-state index in [4.69, 9.17) is 0 Å². The van der Waals surface area contributed by atoms with Crippen LogP contribution in [0.15, 0.2) is 24.3 Å². The van der Waals surface area contributed by atoms with E-state index in [9.17, 15) is 19.2 Å². The SMILES string of the molecule is C=C(C)CC1CC(=O)OC1=O.CC=CC1CC(=O)OC1=O. The largest absolute Gasteiger partial charge is 0.393 e. The summed E-state index contributed by atoms with van der Waals surface area (Å²) in [7, 11) is 0. The molecule has 0 aromatic heterocycles. The highest BCUT2D eigenvalue weighted by Crippen LogP contribution is 2.22. The van der Waals surface area contributed by atoms with E-state index in [1.165, 1.54) is 0 Å². The second-order valence-corrected chi connectivity index (χ2v) is 4.98. The Kier molecular flexibility index (Phi) is 6.02. The van der Waals surface area contributed by atoms with Gasteiger partial charge in [-0.05, 0) is 20.3 Å². The van der Waals surface area contributed by atoms with Gasteiger partial charge in [-0.15, -0.1) is 6.58 Å². The van der Waals surface area contributed by atoms with Crippen molar-refractivity contribution in [1.82, 2.24) is 0 Å². The fourth-order valence-corrected chi connectivity index (χ4v) is 1.97. The number of allylic oxidation sites excluding steroid dienone is 2. The lowest BCUT2D eigenvalue weighted by atomic mass is 10.0. The summed E-state index contributed by atoms with van der Waals surface area (Å²) >= 11 is 0. The third-order valence-electron chi connectivity index (χ3n) is 2.88. The van der Waals surface area contributed by atoms with Gasteiger partial charge in [-0.3, -0.25) is 19.2 Å². The molecule has 2 atom stereocenters. The second kappa shape index (κ2) is 7.52. The first-order chi connectivity index (χ1) is 9.83. The molecule has 2 aliphatic heterocycles. The average molecular weight is 294 g/mol. The van der Waals surface area contributed by atoms with Crippen LogP contribution in [-0.2, 0) is 28.7 Å². The molecule has 6 heteroatoms. The Morgan fingerprint density at radius 2 is 1.71 bits per heavy atom. The van der Waals surface area contributed by atoms with Crippen LogP contribution in [0, 0.1) is 11.8 Å². The van der Waals surface area contributed by atoms with E-state index in [2.05, 4.69) is 16.1 Å². The maximum Gasteiger partial charge on any atom is 0.321 e. The smallest absolute Gasteiger partial charge is 0.321 e. The van der Waals surface area contributed by atoms with Crippen LogP contribution in [0.3, 0.4) is 0 Å². The van der Waals surface area contributed by atoms with Gasteiger partial charge >= 0.3 is 23.9 Å². The minimum Gasteiger partial charge on any atom is -0.393 e. The fraction of sp³-hybridized carbons (Fsp3) is 0.467. The van der Waals surface area contributed by atoms with Crippen LogP contribution in [0.5, 0.6) is 0 Å². The molecule has 0 spiro atoms. The minimum atomic E-state index is -0.428. The molecule has 0 aromatic carbocycles. The zero-order valence-corrected chi connectivity index (χ0v) is 12.1. The lowest BCUT2D eigenvalue weighted by Gasteiger charge is -2.01. The van der Waals surface area contributed by atoms with Gasteiger partial charge in [0, 0.05) is 0 Å². The molecule has 2 aliphatic rings. The molecule has 2 saturated heterocycles. The van der Waals surface area contributed by atoms with E-state index >= 15 is 0 Å². The van der Waals surface area contributed by atoms with Crippen LogP contribution in [0.25, 0.3) is 0 Å². The Morgan fingerprint density at radius 3 is 2.10 bits per heavy atom. The summed E-state index contributed by atoms with van der Waals surface area (Å²) in [6.45, 7) is 7.29. The lowest BCUT2D eigenvalue weighted by molar-refractivity contribution is -0.154. The molecule has 0 N–H and O–H groups in total. The number of hydrogen-bond donors (Lipinski definition) is 0. The quantitative estimate of drug-likeness (QED) is 0.447. The molecule has 2 rings (SSSR count). The van der Waals surface area contributed by atoms with Crippen LogP contribution < -0.4 is 0 Å². The molecule has 21 heavy (non-hydrogen) atoms. The van der Waals surface area contributed by atoms with Crippen LogP contribution in [0.2, 0.25) is 0 Å². The predicted octanol–water partition coefficient (Wildman–Crippen LogP) is 1.69. The zero-order chi connectivity index (χ0) is 16.0. The van der Waals surface area contributed by atoms with Crippen molar-refractivity contribution < 1.29 is 28.7 Å². The summed E-state index contributed by atoms with van der Waals surface area (Å²) < 4.78 is 8.65. The lowest BCUT2D eigenvalue weighted by Crippen LogP contribution is -2.07. The maximum atomic E-state index is 10.8. The van der Waals surface area contributed by atoms with Gasteiger partial charge in [-0.2, -0.15) is 0 Å². The summed E-state index contributed by atoms with van der Waals surface area (Å²) in [6.07, 6.45) is 4.39. The highest BCUT2D eigenvalue weighted by atomic mass is 16.6. The molecule has 0 radical (unpaired) electrons. The number of carbonyl (C=O) groups is 4. The van der Waals surface area contributed by atoms with Crippen molar-refractivity contribution in [1.29, 1.82) is 0 Å². The standard InChI is InChI=1S/C8H10O3.C7H8O3/c1-5(2)3-6-4-7(9)11-8(6)10;1-2-3-5-4-6(8)10-7(5)9/h6H,1,3-4H2,2H3;2-3,5H,4H2,1H3. The first-order valence-corrected chi connectivity index (χ1v) is 6.59. The number of ether oxygens (including phenoxy) is 2. The van der Waals surface area contributed by atoms with Gasteiger partial charge in [0.15, 0.2) is 0 Å². The van der Waals surface area contributed by atoms with Gasteiger partial charge in [0.2, 0.25) is 0 Å². The molecular weight excluding hydrogens is 276 g/mol. The van der Waals surface area contributed by atoms with Crippen LogP contribution in [-0.4, -0.2) is 23.9 Å². The Labute approximate surface area is 122 Å². The van der Waals surface area contributed by atoms with Gasteiger partial charge in [0.25, 0.3) is 0 Å². The Morgan fingerprint density at radius 1 is 1.14 bits per heavy atom. The van der Waals surface area contributed by atoms with Crippen molar-refractivity contribution in [2.45, 2.75) is 33.1 Å². The third kappa shape index (κ3) is 5.33. The van der Waals surface area contributed by atoms with Crippen LogP contribution in [0.1, 0.15) is 33.1 Å². The van der Waals surface area contributed by atoms with Crippen LogP contribution >= 0.6 is 0 Å². The first-order valence-electron chi connectivity index (χ1n) is 6.59. The van der Waals surface area contributed by atoms with E-state index in [0.29, 0.717) is 6.42 Å². The van der Waals surface area contributed by atoms with Crippen molar-refractivity contribution in [2.75, 3.05) is 0 Å². The molecule has 2 fully saturated rings. The van der Waals surface area contributed by atoms with Gasteiger partial charge in [0.05, 0.1) is 24.7 Å². The van der Waals surface area contributed by atoms with Crippen molar-refractivity contribution in [3.63, 3.8) is 0 Å². The molecule has 6 nitrogen and oxygen atoms in total. The maximum absolute atomic E-state index is 10.8. The Hall–Kier alpha value is -2.24. The number of esters is 4. The predicted molar refractivity (Wildman–Crippen MR) is 72.7 cm³/mol. The summed E-state index contributed by atoms with van der Waals surface area (Å²) in [6, 6.07) is 0. The zero-order valence-electron chi connectivity index (χ0n) is 12.1. The number of cyclic esters (lactones) is 4. The summed E-state index contributed by atoms with van der Waals surface area (Å²) in [4.78, 5) is 42.6. The topological polar surface area (TPSA) is 86.7 Å². The number of rotatable bonds is 3. The van der Waals surface area contributed by atoms with Gasteiger partial charge < -0.3 is 9.47 Å². The third-order valence-corrected chi connectivity index (χ3v) is 2.88. The molecular formula is C15H18O6. The normalized spacial score (nSPS) is 24.7. The summed E-state index contributed by atoms with van der Waals surface area (Å²) in [5.74, 6) is -2.28. The Balaban J connectivity index is 0.000000211. The molecule has 0 saturated carbocycles. The molecule has 0 aliphatic carbocycles. The van der Waals surface area contributed by atoms with Crippen molar-refractivity contribution in [3.05, 3.63) is 24.3 Å². The van der Waals surface area contributed by atoms with Gasteiger partial charge in [-0.25, -0.2) is 0 Å². The van der Waals surface area contributed by atoms with E-state index in [0.717, 1.165) is 5.57 Å². The molecule has 0 amide bonds. The average Bonchev–Trinajstić information content (AvgIpc) is 2.83. The fourth-order valence-electron chi connectivity index (χ4n) is 1.97. The summed E-state index contributed by atoms with van der Waals surface area (Å²) in [5.41, 5.74) is 0.904. The van der Waals surface area contributed by atoms with Crippen molar-refractivity contribution in [2.24, 2.45) is 11.8 Å². The van der Waals surface area contributed by atoms with Gasteiger partial charge in [-0.1, -0.05) is 17.7 Å². The molecule has 114 valence electrons. The minimum absolute atomic E-state index is 0.198. The molecule has 0 aromatic rings. The van der Waals surface area contributed by atoms with Crippen molar-refractivity contribution >= 4 is 23.9 Å². The molecule has 2 heterocycles. The number of hydrogen-bond acceptors (Lipinski definition) is 6. The number of carbonyl (C=O) groups excluding carboxylic acids is 4. The monoisotopic (exact) mass is 294 g/mol. The summed E-state index contributed by atoms with van der Waals surface area (Å²) in [5, 5.41) is 0. The van der Waals surface area contributed by atoms with E-state index in [-0.39, 0.29) is 24.7 Å². The van der Waals surface area contributed by atoms with Gasteiger partial charge in [0.1, 0.15) is 0 Å². The molecule has 0 bridgehead atoms.